The summed E-state index contributed by atoms with van der Waals surface area (Å²) in [5.41, 5.74) is 0. The molecule has 0 saturated carbocycles. The van der Waals surface area contributed by atoms with Gasteiger partial charge in [0.25, 0.3) is 0 Å². The summed E-state index contributed by atoms with van der Waals surface area (Å²) in [5.74, 6) is 0. The Hall–Kier alpha value is -0.0800. The maximum atomic E-state index is 3.77. The maximum Gasteiger partial charge on any atom is -0.00368 e. The summed E-state index contributed by atoms with van der Waals surface area (Å²) >= 11 is 0. The van der Waals surface area contributed by atoms with E-state index in [-0.39, 0.29) is 0 Å². The Morgan fingerprint density at radius 2 is 1.80 bits per heavy atom. The van der Waals surface area contributed by atoms with E-state index in [9.17, 15) is 0 Å². The van der Waals surface area contributed by atoms with Crippen molar-refractivity contribution in [3.05, 3.63) is 6.92 Å². The first-order valence-electron chi connectivity index (χ1n) is 4.06. The van der Waals surface area contributed by atoms with Crippen molar-refractivity contribution in [3.63, 3.8) is 0 Å². The topological polar surface area (TPSA) is 24.1 Å². The molecule has 0 heterocycles. The molecule has 0 amide bonds. The minimum absolute atomic E-state index is 1.04. The highest BCUT2D eigenvalue weighted by atomic mass is 14.9. The van der Waals surface area contributed by atoms with E-state index >= 15 is 0 Å². The predicted molar refractivity (Wildman–Crippen MR) is 46.0 cm³/mol. The van der Waals surface area contributed by atoms with Crippen molar-refractivity contribution >= 4 is 0 Å². The first kappa shape index (κ1) is 9.92. The molecule has 2 heteroatoms. The zero-order valence-corrected chi connectivity index (χ0v) is 6.95. The van der Waals surface area contributed by atoms with Crippen LogP contribution in [0.4, 0.5) is 0 Å². The molecule has 0 saturated heterocycles. The van der Waals surface area contributed by atoms with Crippen LogP contribution in [0.5, 0.6) is 0 Å². The fourth-order valence-corrected chi connectivity index (χ4v) is 0.765. The van der Waals surface area contributed by atoms with Gasteiger partial charge in [-0.1, -0.05) is 13.3 Å². The number of rotatable bonds is 7. The van der Waals surface area contributed by atoms with Gasteiger partial charge in [0.1, 0.15) is 0 Å². The van der Waals surface area contributed by atoms with Crippen molar-refractivity contribution in [2.24, 2.45) is 0 Å². The Morgan fingerprint density at radius 1 is 1.10 bits per heavy atom. The summed E-state index contributed by atoms with van der Waals surface area (Å²) in [6.45, 7) is 7.12. The number of hydrogen-bond donors (Lipinski definition) is 2. The third kappa shape index (κ3) is 7.92. The number of nitrogens with one attached hydrogen (secondary N) is 2. The molecule has 0 aliphatic carbocycles. The highest BCUT2D eigenvalue weighted by Crippen LogP contribution is 1.81. The van der Waals surface area contributed by atoms with Crippen LogP contribution in [-0.4, -0.2) is 26.7 Å². The van der Waals surface area contributed by atoms with Gasteiger partial charge in [-0.25, -0.2) is 0 Å². The fourth-order valence-electron chi connectivity index (χ4n) is 0.765. The molecule has 0 fully saturated rings. The minimum atomic E-state index is 1.04. The third-order valence-electron chi connectivity index (χ3n) is 1.38. The highest BCUT2D eigenvalue weighted by molar-refractivity contribution is 4.50. The zero-order valence-electron chi connectivity index (χ0n) is 6.95. The Labute approximate surface area is 64.4 Å². The molecule has 0 unspecified atom stereocenters. The van der Waals surface area contributed by atoms with Gasteiger partial charge in [0.2, 0.25) is 0 Å². The molecule has 1 radical (unpaired) electrons. The lowest BCUT2D eigenvalue weighted by Gasteiger charge is -2.01. The molecule has 10 heavy (non-hydrogen) atoms. The van der Waals surface area contributed by atoms with E-state index in [4.69, 9.17) is 0 Å². The van der Waals surface area contributed by atoms with Crippen molar-refractivity contribution in [2.45, 2.75) is 19.3 Å². The first-order valence-corrected chi connectivity index (χ1v) is 4.06. The molecule has 0 aromatic carbocycles. The van der Waals surface area contributed by atoms with Gasteiger partial charge >= 0.3 is 0 Å². The van der Waals surface area contributed by atoms with Crippen molar-refractivity contribution < 1.29 is 0 Å². The second-order valence-electron chi connectivity index (χ2n) is 2.41. The lowest BCUT2D eigenvalue weighted by Crippen LogP contribution is -2.20. The molecule has 0 aliphatic heterocycles. The second-order valence-corrected chi connectivity index (χ2v) is 2.41. The van der Waals surface area contributed by atoms with Gasteiger partial charge < -0.3 is 10.6 Å². The number of hydrogen-bond acceptors (Lipinski definition) is 2. The molecule has 2 nitrogen and oxygen atoms in total. The Morgan fingerprint density at radius 3 is 2.40 bits per heavy atom. The van der Waals surface area contributed by atoms with Gasteiger partial charge in [-0.3, -0.25) is 0 Å². The van der Waals surface area contributed by atoms with E-state index in [1.54, 1.807) is 0 Å². The van der Waals surface area contributed by atoms with Crippen molar-refractivity contribution in [3.8, 4) is 0 Å². The molecule has 61 valence electrons. The van der Waals surface area contributed by atoms with Crippen LogP contribution in [0, 0.1) is 6.92 Å². The summed E-state index contributed by atoms with van der Waals surface area (Å²) < 4.78 is 0. The summed E-state index contributed by atoms with van der Waals surface area (Å²) in [6.07, 6.45) is 3.45. The molecule has 0 spiro atoms. The molecule has 0 atom stereocenters. The van der Waals surface area contributed by atoms with Gasteiger partial charge in [0, 0.05) is 0 Å². The average Bonchev–Trinajstić information content (AvgIpc) is 1.97. The molecule has 0 aromatic heterocycles. The zero-order chi connectivity index (χ0) is 7.66. The largest absolute Gasteiger partial charge is 0.320 e. The molecule has 0 aromatic rings. The second kappa shape index (κ2) is 8.92. The van der Waals surface area contributed by atoms with Crippen LogP contribution < -0.4 is 10.6 Å². The summed E-state index contributed by atoms with van der Waals surface area (Å²) in [4.78, 5) is 0. The highest BCUT2D eigenvalue weighted by Gasteiger charge is 1.84. The minimum Gasteiger partial charge on any atom is -0.320 e. The van der Waals surface area contributed by atoms with Crippen LogP contribution in [-0.2, 0) is 0 Å². The Kier molecular flexibility index (Phi) is 8.85. The molecule has 0 rings (SSSR count). The van der Waals surface area contributed by atoms with Gasteiger partial charge in [-0.15, -0.1) is 0 Å². The quantitative estimate of drug-likeness (QED) is 0.515. The number of unbranched alkanes of at least 4 members (excludes halogenated alkanes) is 1. The van der Waals surface area contributed by atoms with Crippen LogP contribution in [0.15, 0.2) is 0 Å². The van der Waals surface area contributed by atoms with E-state index in [0.717, 1.165) is 26.1 Å². The van der Waals surface area contributed by atoms with Crippen LogP contribution in [0.25, 0.3) is 0 Å². The lowest BCUT2D eigenvalue weighted by atomic mass is 10.3. The monoisotopic (exact) mass is 143 g/mol. The average molecular weight is 143 g/mol. The summed E-state index contributed by atoms with van der Waals surface area (Å²) in [5, 5.41) is 6.45. The maximum absolute atomic E-state index is 3.77. The SMILES string of the molecule is [CH2]CCCNCCCNC. The molecule has 0 aliphatic rings. The van der Waals surface area contributed by atoms with Crippen molar-refractivity contribution in [2.75, 3.05) is 26.7 Å². The van der Waals surface area contributed by atoms with Crippen LogP contribution in [0.2, 0.25) is 0 Å². The van der Waals surface area contributed by atoms with Crippen LogP contribution in [0.3, 0.4) is 0 Å². The van der Waals surface area contributed by atoms with Crippen LogP contribution in [0.1, 0.15) is 19.3 Å². The molecular weight excluding hydrogens is 124 g/mol. The van der Waals surface area contributed by atoms with E-state index in [1.807, 2.05) is 7.05 Å². The third-order valence-corrected chi connectivity index (χ3v) is 1.38. The van der Waals surface area contributed by atoms with E-state index in [2.05, 4.69) is 17.6 Å². The smallest absolute Gasteiger partial charge is 0.00368 e. The van der Waals surface area contributed by atoms with Crippen molar-refractivity contribution in [1.82, 2.24) is 10.6 Å². The molecule has 2 N–H and O–H groups in total. The van der Waals surface area contributed by atoms with E-state index in [0.29, 0.717) is 0 Å². The normalized spacial score (nSPS) is 10.2. The van der Waals surface area contributed by atoms with Gasteiger partial charge in [0.05, 0.1) is 0 Å². The van der Waals surface area contributed by atoms with E-state index in [1.165, 1.54) is 12.8 Å². The van der Waals surface area contributed by atoms with Gasteiger partial charge in [-0.05, 0) is 39.5 Å². The predicted octanol–water partition coefficient (Wildman–Crippen LogP) is 0.800. The summed E-state index contributed by atoms with van der Waals surface area (Å²) in [6, 6.07) is 0. The molecular formula is C8H19N2. The standard InChI is InChI=1S/C8H19N2/c1-3-4-7-10-8-5-6-9-2/h9-10H,1,3-8H2,2H3. The first-order chi connectivity index (χ1) is 4.91. The lowest BCUT2D eigenvalue weighted by molar-refractivity contribution is 0.609. The van der Waals surface area contributed by atoms with Crippen molar-refractivity contribution in [1.29, 1.82) is 0 Å². The Balaban J connectivity index is 2.65. The van der Waals surface area contributed by atoms with Crippen LogP contribution >= 0.6 is 0 Å². The molecule has 0 bridgehead atoms. The fraction of sp³-hybridized carbons (Fsp3) is 0.875. The van der Waals surface area contributed by atoms with Gasteiger partial charge in [0.15, 0.2) is 0 Å². The van der Waals surface area contributed by atoms with Gasteiger partial charge in [-0.2, -0.15) is 0 Å². The van der Waals surface area contributed by atoms with E-state index < -0.39 is 0 Å². The Bertz CT molecular complexity index is 47.2. The summed E-state index contributed by atoms with van der Waals surface area (Å²) in [7, 11) is 1.98.